The molecule has 2 aromatic rings. The molecule has 3 aliphatic heterocycles. The monoisotopic (exact) mass is 1510 g/mol. The summed E-state index contributed by atoms with van der Waals surface area (Å²) in [7, 11) is 0. The van der Waals surface area contributed by atoms with E-state index in [1.165, 1.54) is 36.0 Å². The van der Waals surface area contributed by atoms with E-state index in [2.05, 4.69) is 58.0 Å². The third-order valence-electron chi connectivity index (χ3n) is 20.1. The molecule has 31 heteroatoms. The summed E-state index contributed by atoms with van der Waals surface area (Å²) >= 11 is 1.45. The second-order valence-corrected chi connectivity index (χ2v) is 30.3. The van der Waals surface area contributed by atoms with Crippen LogP contribution < -0.4 is 43.0 Å². The molecule has 3 aliphatic rings. The number of thioether (sulfide) groups is 1. The molecule has 0 unspecified atom stereocenters. The number of fused-ring (bicyclic) bond motifs is 2. The molecule has 3 heterocycles. The topological polar surface area (TPSA) is 476 Å². The Balaban J connectivity index is 1.55. The summed E-state index contributed by atoms with van der Waals surface area (Å²) in [5.74, 6) is -11.8. The predicted molar refractivity (Wildman–Crippen MR) is 394 cm³/mol. The van der Waals surface area contributed by atoms with E-state index in [1.807, 2.05) is 20.1 Å². The van der Waals surface area contributed by atoms with E-state index in [1.54, 1.807) is 30.3 Å². The van der Waals surface area contributed by atoms with Crippen molar-refractivity contribution in [3.63, 3.8) is 0 Å². The number of hydrogen-bond acceptors (Lipinski definition) is 22. The quantitative estimate of drug-likeness (QED) is 0.0321. The van der Waals surface area contributed by atoms with E-state index in [0.717, 1.165) is 61.7 Å². The number of benzene rings is 2. The van der Waals surface area contributed by atoms with Crippen LogP contribution in [0, 0.1) is 29.6 Å². The zero-order chi connectivity index (χ0) is 78.3. The van der Waals surface area contributed by atoms with E-state index >= 15 is 4.79 Å². The number of phenolic OH excluding ortho intramolecular Hbond substituents is 1. The first-order chi connectivity index (χ1) is 50.4. The fourth-order valence-corrected chi connectivity index (χ4v) is 14.4. The SMILES string of the molecule is CC[C@H](C)C[C@H](C)CCCCCCCCC(=O)C[C@H]1C[C@@H](O)[C@@H](OCCNC(=O)[C@H](Cc2ccccc2)NC(=O)[C@H](CC(C)C)NC(=O)[C@H](CCSC)NC=O)NC(=O)[C@@H]2[C@@H](O)CCN2C(=O)[C@H]([C@H](O)CCN)NC(=O)[C@H]([C@H](O)[C@@H](O)c2ccc(O)cc2)CC(=O)[C@@H]2C[C@@H](O)CN2C(=O)[C@H]([C@@H](C)O)NC1=O. The number of amides is 9. The molecule has 0 aromatic heterocycles. The van der Waals surface area contributed by atoms with Crippen LogP contribution in [0.25, 0.3) is 0 Å². The zero-order valence-corrected chi connectivity index (χ0v) is 63.2. The highest BCUT2D eigenvalue weighted by Gasteiger charge is 2.49. The third-order valence-corrected chi connectivity index (χ3v) is 20.7. The van der Waals surface area contributed by atoms with Crippen LogP contribution in [0.15, 0.2) is 54.6 Å². The van der Waals surface area contributed by atoms with Crippen molar-refractivity contribution in [3.8, 4) is 5.75 Å². The first-order valence-electron chi connectivity index (χ1n) is 37.5. The number of rotatable bonds is 39. The minimum Gasteiger partial charge on any atom is -0.508 e. The van der Waals surface area contributed by atoms with Crippen LogP contribution in [0.5, 0.6) is 5.75 Å². The maximum Gasteiger partial charge on any atom is 0.248 e. The molecule has 17 N–H and O–H groups in total. The Morgan fingerprint density at radius 1 is 0.717 bits per heavy atom. The second kappa shape index (κ2) is 45.6. The van der Waals surface area contributed by atoms with Crippen LogP contribution in [0.4, 0.5) is 0 Å². The van der Waals surface area contributed by atoms with E-state index in [4.69, 9.17) is 10.5 Å². The number of ketones is 2. The Morgan fingerprint density at radius 3 is 2.00 bits per heavy atom. The molecule has 0 aliphatic carbocycles. The maximum atomic E-state index is 15.1. The predicted octanol–water partition coefficient (Wildman–Crippen LogP) is 0.580. The van der Waals surface area contributed by atoms with Gasteiger partial charge in [-0.1, -0.05) is 122 Å². The normalized spacial score (nSPS) is 24.8. The number of hydrogen-bond donors (Lipinski definition) is 16. The molecule has 9 amide bonds. The largest absolute Gasteiger partial charge is 0.508 e. The minimum absolute atomic E-state index is 0.0176. The lowest BCUT2D eigenvalue weighted by Crippen LogP contribution is -2.61. The summed E-state index contributed by atoms with van der Waals surface area (Å²) in [6, 6.07) is 2.43. The number of nitrogens with two attached hydrogens (primary N) is 1. The second-order valence-electron chi connectivity index (χ2n) is 29.3. The standard InChI is InChI=1S/C75H118N10O20S/c1-8-44(4)35-45(5)18-14-11-9-10-12-17-21-51(89)37-49-38-61(94)73(105-32-30-77-69(99)56(36-47-19-15-13-16-20-47)80-71(101)55(34-43(2)3)79-70(100)54(78-42-86)28-33-106-7)83-72(102)64-59(92)27-31-84(64)75(104)63(58(91)26-29-76)82-68(98)53(66(96)65(95)48-22-24-50(88)25-23-48)40-60(93)57-39-52(90)41-85(57)74(103)62(46(6)87)81-67(49)97/h13,15-16,19-20,22-25,42-46,49,52-59,61-66,73,87-88,90-92,94-96H,8-12,14,17-18,21,26-41,76H2,1-7H3,(H,77,99)(H,78,86)(H,79,100)(H,80,101)(H,81,97)(H,82,98)(H,83,102)/t44-,45+,46+,49-,52+,53-,54-,55-,56-,57-,58+,59-,61+,62-,63-,64-,65-,66-,73+/m0/s1. The molecule has 2 aromatic carbocycles. The van der Waals surface area contributed by atoms with E-state index in [9.17, 15) is 88.8 Å². The molecular formula is C75H118N10O20S. The van der Waals surface area contributed by atoms with Crippen molar-refractivity contribution < 1.29 is 98.3 Å². The summed E-state index contributed by atoms with van der Waals surface area (Å²) in [5, 5.41) is 110. The van der Waals surface area contributed by atoms with Crippen LogP contribution in [0.1, 0.15) is 174 Å². The highest BCUT2D eigenvalue weighted by atomic mass is 32.2. The van der Waals surface area contributed by atoms with Gasteiger partial charge in [0.1, 0.15) is 53.9 Å². The average Bonchev–Trinajstić information content (AvgIpc) is 1.59. The lowest BCUT2D eigenvalue weighted by molar-refractivity contribution is -0.150. The van der Waals surface area contributed by atoms with Gasteiger partial charge >= 0.3 is 0 Å². The van der Waals surface area contributed by atoms with Gasteiger partial charge < -0.3 is 98.3 Å². The lowest BCUT2D eigenvalue weighted by Gasteiger charge is -2.34. The maximum absolute atomic E-state index is 15.1. The molecule has 0 radical (unpaired) electrons. The zero-order valence-electron chi connectivity index (χ0n) is 62.4. The third kappa shape index (κ3) is 28.1. The number of nitrogens with zero attached hydrogens (tertiary/aromatic N) is 2. The molecule has 0 spiro atoms. The van der Waals surface area contributed by atoms with Crippen LogP contribution >= 0.6 is 11.8 Å². The van der Waals surface area contributed by atoms with Crippen molar-refractivity contribution in [1.29, 1.82) is 0 Å². The number of aliphatic hydroxyl groups excluding tert-OH is 7. The average molecular weight is 1510 g/mol. The summed E-state index contributed by atoms with van der Waals surface area (Å²) in [5.41, 5.74) is 6.42. The van der Waals surface area contributed by atoms with Crippen molar-refractivity contribution in [2.75, 3.05) is 44.8 Å². The lowest BCUT2D eigenvalue weighted by atomic mass is 9.86. The van der Waals surface area contributed by atoms with Gasteiger partial charge in [0.25, 0.3) is 0 Å². The van der Waals surface area contributed by atoms with Gasteiger partial charge in [0, 0.05) is 57.7 Å². The Morgan fingerprint density at radius 2 is 1.36 bits per heavy atom. The van der Waals surface area contributed by atoms with Gasteiger partial charge in [0.05, 0.1) is 55.2 Å². The molecule has 5 rings (SSSR count). The molecule has 30 nitrogen and oxygen atoms in total. The van der Waals surface area contributed by atoms with E-state index in [0.29, 0.717) is 42.4 Å². The molecule has 106 heavy (non-hydrogen) atoms. The summed E-state index contributed by atoms with van der Waals surface area (Å²) in [6.07, 6.45) is -7.63. The fraction of sp³-hybridized carbons (Fsp3) is 0.693. The first-order valence-corrected chi connectivity index (χ1v) is 38.9. The van der Waals surface area contributed by atoms with Crippen LogP contribution in [-0.2, 0) is 63.9 Å². The van der Waals surface area contributed by atoms with Crippen molar-refractivity contribution >= 4 is 77.0 Å². The number of Topliss-reactive ketones (excluding diaryl/α,β-unsaturated/α-hetero) is 2. The number of aromatic hydroxyl groups is 1. The number of phenols is 1. The van der Waals surface area contributed by atoms with Gasteiger partial charge in [0.2, 0.25) is 53.7 Å². The van der Waals surface area contributed by atoms with Crippen LogP contribution in [0.2, 0.25) is 0 Å². The summed E-state index contributed by atoms with van der Waals surface area (Å²) in [4.78, 5) is 159. The van der Waals surface area contributed by atoms with Crippen molar-refractivity contribution in [2.45, 2.75) is 255 Å². The molecule has 0 saturated carbocycles. The van der Waals surface area contributed by atoms with Gasteiger partial charge in [-0.3, -0.25) is 52.7 Å². The first kappa shape index (κ1) is 89.4. The van der Waals surface area contributed by atoms with Crippen LogP contribution in [0.3, 0.4) is 0 Å². The van der Waals surface area contributed by atoms with Crippen LogP contribution in [-0.4, -0.2) is 246 Å². The van der Waals surface area contributed by atoms with Gasteiger partial charge in [-0.25, -0.2) is 0 Å². The van der Waals surface area contributed by atoms with Crippen molar-refractivity contribution in [3.05, 3.63) is 65.7 Å². The number of carbonyl (C=O) groups excluding carboxylic acids is 11. The molecular weight excluding hydrogens is 1390 g/mol. The van der Waals surface area contributed by atoms with E-state index in [-0.39, 0.29) is 55.9 Å². The van der Waals surface area contributed by atoms with E-state index < -0.39 is 220 Å². The molecule has 0 bridgehead atoms. The summed E-state index contributed by atoms with van der Waals surface area (Å²) < 4.78 is 6.18. The van der Waals surface area contributed by atoms with Gasteiger partial charge in [0.15, 0.2) is 12.0 Å². The molecule has 3 fully saturated rings. The Hall–Kier alpha value is -7.20. The smallest absolute Gasteiger partial charge is 0.248 e. The Bertz CT molecular complexity index is 3140. The molecule has 594 valence electrons. The number of aliphatic hydroxyl groups is 7. The van der Waals surface area contributed by atoms with Crippen molar-refractivity contribution in [1.82, 2.24) is 47.0 Å². The fourth-order valence-electron chi connectivity index (χ4n) is 13.9. The highest BCUT2D eigenvalue weighted by Crippen LogP contribution is 2.32. The Kier molecular flexibility index (Phi) is 38.4. The Labute approximate surface area is 626 Å². The van der Waals surface area contributed by atoms with Gasteiger partial charge in [-0.05, 0) is 111 Å². The van der Waals surface area contributed by atoms with Crippen molar-refractivity contribution in [2.24, 2.45) is 35.3 Å². The number of unbranched alkanes of at least 4 members (excludes halogenated alkanes) is 5. The number of ether oxygens (including phenoxy) is 1. The molecule has 3 saturated heterocycles. The van der Waals surface area contributed by atoms with Gasteiger partial charge in [-0.2, -0.15) is 11.8 Å². The molecule has 19 atom stereocenters. The minimum atomic E-state index is -2.24. The summed E-state index contributed by atoms with van der Waals surface area (Å²) in [6.45, 7) is 9.24. The van der Waals surface area contributed by atoms with Gasteiger partial charge in [-0.15, -0.1) is 0 Å². The highest BCUT2D eigenvalue weighted by molar-refractivity contribution is 7.98. The number of nitrogens with one attached hydrogen (secondary N) is 7. The number of carbonyl (C=O) groups is 11.